The first kappa shape index (κ1) is 23.0. The molecule has 172 valence electrons. The fraction of sp³-hybridized carbons (Fsp3) is 0.435. The van der Waals surface area contributed by atoms with Crippen LogP contribution in [0.2, 0.25) is 5.02 Å². The van der Waals surface area contributed by atoms with E-state index in [1.54, 1.807) is 4.90 Å². The van der Waals surface area contributed by atoms with E-state index in [4.69, 9.17) is 16.3 Å². The molecule has 0 aliphatic carbocycles. The molecule has 32 heavy (non-hydrogen) atoms. The van der Waals surface area contributed by atoms with E-state index in [2.05, 4.69) is 4.90 Å². The van der Waals surface area contributed by atoms with Crippen LogP contribution in [0, 0.1) is 0 Å². The number of nitrogens with zero attached hydrogens (tertiary/aromatic N) is 3. The van der Waals surface area contributed by atoms with Crippen molar-refractivity contribution in [2.75, 3.05) is 50.8 Å². The number of sulfonamides is 1. The average molecular weight is 478 g/mol. The Kier molecular flexibility index (Phi) is 7.05. The molecule has 4 rings (SSSR count). The minimum absolute atomic E-state index is 0.0145. The number of hydrogen-bond acceptors (Lipinski definition) is 5. The molecule has 2 fully saturated rings. The summed E-state index contributed by atoms with van der Waals surface area (Å²) in [7, 11) is -3.73. The fourth-order valence-corrected chi connectivity index (χ4v) is 5.77. The molecule has 2 aromatic carbocycles. The summed E-state index contributed by atoms with van der Waals surface area (Å²) < 4.78 is 33.7. The topological polar surface area (TPSA) is 70.2 Å². The molecule has 0 radical (unpaired) electrons. The zero-order chi connectivity index (χ0) is 22.7. The summed E-state index contributed by atoms with van der Waals surface area (Å²) in [5.74, 6) is -0.261. The van der Waals surface area contributed by atoms with Gasteiger partial charge in [0.2, 0.25) is 10.0 Å². The summed E-state index contributed by atoms with van der Waals surface area (Å²) in [6.07, 6.45) is 0.792. The Morgan fingerprint density at radius 1 is 1.06 bits per heavy atom. The van der Waals surface area contributed by atoms with Gasteiger partial charge in [-0.25, -0.2) is 8.42 Å². The van der Waals surface area contributed by atoms with Crippen LogP contribution in [0.3, 0.4) is 0 Å². The fourth-order valence-electron chi connectivity index (χ4n) is 4.12. The van der Waals surface area contributed by atoms with Gasteiger partial charge in [-0.1, -0.05) is 36.7 Å². The van der Waals surface area contributed by atoms with Crippen molar-refractivity contribution in [3.05, 3.63) is 59.1 Å². The number of carbonyl (C=O) groups excluding carboxylic acids is 1. The van der Waals surface area contributed by atoms with Crippen LogP contribution >= 0.6 is 11.6 Å². The van der Waals surface area contributed by atoms with E-state index in [1.807, 2.05) is 37.3 Å². The molecule has 2 heterocycles. The Labute approximate surface area is 194 Å². The smallest absolute Gasteiger partial charge is 0.255 e. The highest BCUT2D eigenvalue weighted by atomic mass is 35.5. The predicted molar refractivity (Wildman–Crippen MR) is 125 cm³/mol. The molecule has 2 saturated heterocycles. The summed E-state index contributed by atoms with van der Waals surface area (Å²) >= 11 is 6.31. The number of carbonyl (C=O) groups is 1. The SMILES string of the molecule is CCC1CN(C(=O)c2cc(S(=O)(=O)N3CCN(c4ccccc4)CC3)ccc2Cl)CCO1. The molecule has 1 unspecified atom stereocenters. The molecule has 9 heteroatoms. The van der Waals surface area contributed by atoms with Gasteiger partial charge in [0.15, 0.2) is 0 Å². The number of para-hydroxylation sites is 1. The molecule has 2 aliphatic heterocycles. The number of halogens is 1. The maximum absolute atomic E-state index is 13.3. The maximum atomic E-state index is 13.3. The van der Waals surface area contributed by atoms with Gasteiger partial charge < -0.3 is 14.5 Å². The summed E-state index contributed by atoms with van der Waals surface area (Å²) in [6.45, 7) is 5.38. The first-order valence-electron chi connectivity index (χ1n) is 10.9. The van der Waals surface area contributed by atoms with E-state index in [1.165, 1.54) is 22.5 Å². The zero-order valence-corrected chi connectivity index (χ0v) is 19.7. The van der Waals surface area contributed by atoms with Gasteiger partial charge in [0, 0.05) is 45.0 Å². The third kappa shape index (κ3) is 4.78. The second-order valence-corrected chi connectivity index (χ2v) is 10.4. The van der Waals surface area contributed by atoms with Crippen molar-refractivity contribution in [2.24, 2.45) is 0 Å². The number of benzene rings is 2. The molecule has 0 N–H and O–H groups in total. The summed E-state index contributed by atoms with van der Waals surface area (Å²) in [5.41, 5.74) is 1.30. The number of ether oxygens (including phenoxy) is 1. The highest BCUT2D eigenvalue weighted by Gasteiger charge is 2.31. The second kappa shape index (κ2) is 9.79. The molecule has 0 aromatic heterocycles. The Hall–Kier alpha value is -2.13. The third-order valence-electron chi connectivity index (χ3n) is 6.05. The number of amides is 1. The van der Waals surface area contributed by atoms with Crippen LogP contribution in [0.4, 0.5) is 5.69 Å². The van der Waals surface area contributed by atoms with Gasteiger partial charge >= 0.3 is 0 Å². The van der Waals surface area contributed by atoms with Gasteiger partial charge in [0.05, 0.1) is 28.2 Å². The van der Waals surface area contributed by atoms with Gasteiger partial charge in [-0.05, 0) is 36.8 Å². The van der Waals surface area contributed by atoms with Crippen molar-refractivity contribution in [1.82, 2.24) is 9.21 Å². The number of morpholine rings is 1. The number of piperazine rings is 1. The standard InChI is InChI=1S/C23H28ClN3O4S/c1-2-19-17-26(14-15-31-19)23(28)21-16-20(8-9-22(21)24)32(29,30)27-12-10-25(11-13-27)18-6-4-3-5-7-18/h3-9,16,19H,2,10-15,17H2,1H3. The Balaban J connectivity index is 1.50. The predicted octanol–water partition coefficient (Wildman–Crippen LogP) is 3.10. The molecule has 0 spiro atoms. The van der Waals surface area contributed by atoms with Crippen molar-refractivity contribution in [2.45, 2.75) is 24.3 Å². The lowest BCUT2D eigenvalue weighted by molar-refractivity contribution is -0.0226. The molecular weight excluding hydrogens is 450 g/mol. The minimum Gasteiger partial charge on any atom is -0.375 e. The molecular formula is C23H28ClN3O4S. The molecule has 7 nitrogen and oxygen atoms in total. The van der Waals surface area contributed by atoms with E-state index in [-0.39, 0.29) is 27.5 Å². The normalized spacial score (nSPS) is 20.4. The summed E-state index contributed by atoms with van der Waals surface area (Å²) in [6, 6.07) is 14.4. The Morgan fingerprint density at radius 3 is 2.47 bits per heavy atom. The lowest BCUT2D eigenvalue weighted by Gasteiger charge is -2.35. The highest BCUT2D eigenvalue weighted by Crippen LogP contribution is 2.26. The molecule has 2 aromatic rings. The lowest BCUT2D eigenvalue weighted by atomic mass is 10.1. The Bertz CT molecular complexity index is 1060. The van der Waals surface area contributed by atoms with Crippen molar-refractivity contribution >= 4 is 33.2 Å². The van der Waals surface area contributed by atoms with Crippen LogP contribution in [-0.4, -0.2) is 75.5 Å². The third-order valence-corrected chi connectivity index (χ3v) is 8.27. The first-order valence-corrected chi connectivity index (χ1v) is 12.7. The molecule has 1 amide bonds. The van der Waals surface area contributed by atoms with Gasteiger partial charge in [-0.15, -0.1) is 0 Å². The van der Waals surface area contributed by atoms with E-state index >= 15 is 0 Å². The molecule has 2 aliphatic rings. The molecule has 1 atom stereocenters. The van der Waals surface area contributed by atoms with E-state index in [0.29, 0.717) is 45.9 Å². The van der Waals surface area contributed by atoms with Gasteiger partial charge in [-0.2, -0.15) is 4.31 Å². The molecule has 0 saturated carbocycles. The summed E-state index contributed by atoms with van der Waals surface area (Å²) in [5, 5.41) is 0.252. The van der Waals surface area contributed by atoms with Gasteiger partial charge in [0.1, 0.15) is 0 Å². The minimum atomic E-state index is -3.73. The van der Waals surface area contributed by atoms with E-state index < -0.39 is 10.0 Å². The zero-order valence-electron chi connectivity index (χ0n) is 18.1. The average Bonchev–Trinajstić information content (AvgIpc) is 2.84. The maximum Gasteiger partial charge on any atom is 0.255 e. The summed E-state index contributed by atoms with van der Waals surface area (Å²) in [4.78, 5) is 17.1. The van der Waals surface area contributed by atoms with Crippen molar-refractivity contribution < 1.29 is 17.9 Å². The largest absolute Gasteiger partial charge is 0.375 e. The van der Waals surface area contributed by atoms with Crippen LogP contribution in [0.5, 0.6) is 0 Å². The number of hydrogen-bond donors (Lipinski definition) is 0. The number of anilines is 1. The molecule has 0 bridgehead atoms. The highest BCUT2D eigenvalue weighted by molar-refractivity contribution is 7.89. The Morgan fingerprint density at radius 2 is 1.78 bits per heavy atom. The number of rotatable bonds is 5. The monoisotopic (exact) mass is 477 g/mol. The second-order valence-electron chi connectivity index (χ2n) is 8.02. The van der Waals surface area contributed by atoms with Crippen LogP contribution in [-0.2, 0) is 14.8 Å². The lowest BCUT2D eigenvalue weighted by Crippen LogP contribution is -2.48. The van der Waals surface area contributed by atoms with Crippen molar-refractivity contribution in [1.29, 1.82) is 0 Å². The quantitative estimate of drug-likeness (QED) is 0.661. The van der Waals surface area contributed by atoms with Gasteiger partial charge in [0.25, 0.3) is 5.91 Å². The van der Waals surface area contributed by atoms with Crippen molar-refractivity contribution in [3.8, 4) is 0 Å². The van der Waals surface area contributed by atoms with Crippen molar-refractivity contribution in [3.63, 3.8) is 0 Å². The van der Waals surface area contributed by atoms with Crippen LogP contribution in [0.25, 0.3) is 0 Å². The first-order chi connectivity index (χ1) is 15.4. The van der Waals surface area contributed by atoms with Crippen LogP contribution in [0.15, 0.2) is 53.4 Å². The van der Waals surface area contributed by atoms with Crippen LogP contribution in [0.1, 0.15) is 23.7 Å². The van der Waals surface area contributed by atoms with Gasteiger partial charge in [-0.3, -0.25) is 4.79 Å². The van der Waals surface area contributed by atoms with Crippen LogP contribution < -0.4 is 4.90 Å². The van der Waals surface area contributed by atoms with E-state index in [0.717, 1.165) is 12.1 Å². The van der Waals surface area contributed by atoms with E-state index in [9.17, 15) is 13.2 Å².